The van der Waals surface area contributed by atoms with Gasteiger partial charge in [0.2, 0.25) is 0 Å². The minimum atomic E-state index is -0.156. The highest BCUT2D eigenvalue weighted by Gasteiger charge is 2.18. The fourth-order valence-electron chi connectivity index (χ4n) is 3.31. The van der Waals surface area contributed by atoms with E-state index < -0.39 is 0 Å². The second kappa shape index (κ2) is 8.17. The van der Waals surface area contributed by atoms with Crippen molar-refractivity contribution in [1.29, 1.82) is 0 Å². The van der Waals surface area contributed by atoms with Crippen molar-refractivity contribution in [3.8, 4) is 0 Å². The molecule has 1 N–H and O–H groups in total. The summed E-state index contributed by atoms with van der Waals surface area (Å²) in [6, 6.07) is 15.7. The lowest BCUT2D eigenvalue weighted by molar-refractivity contribution is 0.0937. The van der Waals surface area contributed by atoms with Crippen molar-refractivity contribution in [1.82, 2.24) is 14.9 Å². The molecule has 0 spiro atoms. The van der Waals surface area contributed by atoms with Crippen LogP contribution in [0.2, 0.25) is 0 Å². The fraction of sp³-hybridized carbons (Fsp3) is 0.364. The van der Waals surface area contributed by atoms with Gasteiger partial charge in [-0.05, 0) is 44.5 Å². The van der Waals surface area contributed by atoms with E-state index in [1.54, 1.807) is 0 Å². The number of hydrogen-bond acceptors (Lipinski definition) is 2. The van der Waals surface area contributed by atoms with E-state index in [1.165, 1.54) is 12.8 Å². The first-order valence-corrected chi connectivity index (χ1v) is 9.43. The highest BCUT2D eigenvalue weighted by Crippen LogP contribution is 2.22. The molecule has 26 heavy (non-hydrogen) atoms. The van der Waals surface area contributed by atoms with Gasteiger partial charge in [0.25, 0.3) is 5.91 Å². The molecule has 0 aliphatic rings. The summed E-state index contributed by atoms with van der Waals surface area (Å²) in [6.45, 7) is 7.13. The van der Waals surface area contributed by atoms with Gasteiger partial charge in [0.1, 0.15) is 5.82 Å². The number of nitrogens with one attached hydrogen (secondary N) is 1. The molecular formula is C22H27N3O. The Morgan fingerprint density at radius 1 is 1.15 bits per heavy atom. The van der Waals surface area contributed by atoms with Crippen molar-refractivity contribution in [2.45, 2.75) is 52.6 Å². The summed E-state index contributed by atoms with van der Waals surface area (Å²) < 4.78 is 2.26. The molecule has 1 aromatic heterocycles. The van der Waals surface area contributed by atoms with Crippen LogP contribution < -0.4 is 5.32 Å². The lowest BCUT2D eigenvalue weighted by Gasteiger charge is -2.16. The van der Waals surface area contributed by atoms with E-state index in [0.717, 1.165) is 35.4 Å². The highest BCUT2D eigenvalue weighted by molar-refractivity contribution is 5.94. The van der Waals surface area contributed by atoms with E-state index in [1.807, 2.05) is 56.3 Å². The molecule has 0 unspecified atom stereocenters. The zero-order chi connectivity index (χ0) is 18.5. The molecule has 1 heterocycles. The Labute approximate surface area is 155 Å². The molecule has 0 fully saturated rings. The second-order valence-corrected chi connectivity index (χ2v) is 6.88. The van der Waals surface area contributed by atoms with Crippen LogP contribution in [0.3, 0.4) is 0 Å². The molecule has 1 amide bonds. The molecule has 3 rings (SSSR count). The third-order valence-electron chi connectivity index (χ3n) is 4.68. The Morgan fingerprint density at radius 3 is 2.73 bits per heavy atom. The number of amides is 1. The zero-order valence-electron chi connectivity index (χ0n) is 15.8. The third-order valence-corrected chi connectivity index (χ3v) is 4.68. The maximum absolute atomic E-state index is 12.6. The molecule has 0 saturated carbocycles. The van der Waals surface area contributed by atoms with Gasteiger partial charge in [-0.25, -0.2) is 4.98 Å². The van der Waals surface area contributed by atoms with E-state index in [2.05, 4.69) is 22.9 Å². The molecule has 4 nitrogen and oxygen atoms in total. The molecule has 2 aromatic carbocycles. The van der Waals surface area contributed by atoms with Crippen LogP contribution in [-0.2, 0) is 6.54 Å². The minimum Gasteiger partial charge on any atom is -0.342 e. The average molecular weight is 349 g/mol. The summed E-state index contributed by atoms with van der Waals surface area (Å²) in [5.74, 6) is 0.858. The summed E-state index contributed by atoms with van der Waals surface area (Å²) >= 11 is 0. The number of rotatable bonds is 7. The van der Waals surface area contributed by atoms with E-state index >= 15 is 0 Å². The smallest absolute Gasteiger partial charge is 0.251 e. The van der Waals surface area contributed by atoms with Crippen LogP contribution in [0, 0.1) is 6.92 Å². The van der Waals surface area contributed by atoms with Crippen molar-refractivity contribution < 1.29 is 4.79 Å². The first-order valence-electron chi connectivity index (χ1n) is 9.43. The van der Waals surface area contributed by atoms with Gasteiger partial charge in [0, 0.05) is 12.1 Å². The number of carbonyl (C=O) groups excluding carboxylic acids is 1. The van der Waals surface area contributed by atoms with Crippen LogP contribution in [0.4, 0.5) is 0 Å². The van der Waals surface area contributed by atoms with E-state index in [4.69, 9.17) is 4.98 Å². The largest absolute Gasteiger partial charge is 0.342 e. The predicted octanol–water partition coefficient (Wildman–Crippen LogP) is 5.03. The van der Waals surface area contributed by atoms with Gasteiger partial charge in [-0.1, -0.05) is 49.6 Å². The van der Waals surface area contributed by atoms with Crippen molar-refractivity contribution in [2.75, 3.05) is 0 Å². The number of carbonyl (C=O) groups is 1. The Morgan fingerprint density at radius 2 is 1.96 bits per heavy atom. The predicted molar refractivity (Wildman–Crippen MR) is 106 cm³/mol. The molecular weight excluding hydrogens is 322 g/mol. The standard InChI is InChI=1S/C22H27N3O/c1-4-5-8-14-25-20-13-7-6-12-19(20)24-21(25)17(3)23-22(26)18-11-9-10-16(2)15-18/h6-7,9-13,15,17H,4-5,8,14H2,1-3H3,(H,23,26)/t17-/m1/s1. The summed E-state index contributed by atoms with van der Waals surface area (Å²) in [6.07, 6.45) is 3.49. The number of aromatic nitrogens is 2. The number of imidazole rings is 1. The second-order valence-electron chi connectivity index (χ2n) is 6.88. The molecule has 0 saturated heterocycles. The summed E-state index contributed by atoms with van der Waals surface area (Å²) in [5.41, 5.74) is 3.88. The number of nitrogens with zero attached hydrogens (tertiary/aromatic N) is 2. The average Bonchev–Trinajstić information content (AvgIpc) is 3.01. The first kappa shape index (κ1) is 18.2. The van der Waals surface area contributed by atoms with Gasteiger partial charge < -0.3 is 9.88 Å². The number of unbranched alkanes of at least 4 members (excludes halogenated alkanes) is 2. The first-order chi connectivity index (χ1) is 12.6. The third kappa shape index (κ3) is 3.96. The van der Waals surface area contributed by atoms with E-state index in [0.29, 0.717) is 5.56 Å². The van der Waals surface area contributed by atoms with E-state index in [-0.39, 0.29) is 11.9 Å². The van der Waals surface area contributed by atoms with Crippen LogP contribution >= 0.6 is 0 Å². The Balaban J connectivity index is 1.85. The number of hydrogen-bond donors (Lipinski definition) is 1. The number of benzene rings is 2. The number of aryl methyl sites for hydroxylation is 2. The van der Waals surface area contributed by atoms with Crippen LogP contribution in [-0.4, -0.2) is 15.5 Å². The monoisotopic (exact) mass is 349 g/mol. The van der Waals surface area contributed by atoms with Gasteiger partial charge in [0.05, 0.1) is 17.1 Å². The van der Waals surface area contributed by atoms with Gasteiger partial charge in [0.15, 0.2) is 0 Å². The summed E-state index contributed by atoms with van der Waals surface area (Å²) in [4.78, 5) is 17.4. The highest BCUT2D eigenvalue weighted by atomic mass is 16.1. The SMILES string of the molecule is CCCCCn1c([C@@H](C)NC(=O)c2cccc(C)c2)nc2ccccc21. The lowest BCUT2D eigenvalue weighted by Crippen LogP contribution is -2.28. The maximum atomic E-state index is 12.6. The fourth-order valence-corrected chi connectivity index (χ4v) is 3.31. The Kier molecular flexibility index (Phi) is 5.71. The molecule has 136 valence electrons. The molecule has 0 bridgehead atoms. The molecule has 0 aliphatic heterocycles. The summed E-state index contributed by atoms with van der Waals surface area (Å²) in [7, 11) is 0. The van der Waals surface area contributed by atoms with Crippen LogP contribution in [0.5, 0.6) is 0 Å². The van der Waals surface area contributed by atoms with Crippen molar-refractivity contribution in [2.24, 2.45) is 0 Å². The van der Waals surface area contributed by atoms with Crippen LogP contribution in [0.1, 0.15) is 60.9 Å². The van der Waals surface area contributed by atoms with Gasteiger partial charge in [-0.2, -0.15) is 0 Å². The molecule has 0 aliphatic carbocycles. The van der Waals surface area contributed by atoms with E-state index in [9.17, 15) is 4.79 Å². The quantitative estimate of drug-likeness (QED) is 0.608. The molecule has 0 radical (unpaired) electrons. The molecule has 1 atom stereocenters. The lowest BCUT2D eigenvalue weighted by atomic mass is 10.1. The Bertz CT molecular complexity index is 897. The van der Waals surface area contributed by atoms with Crippen molar-refractivity contribution in [3.05, 3.63) is 65.5 Å². The zero-order valence-corrected chi connectivity index (χ0v) is 15.8. The maximum Gasteiger partial charge on any atom is 0.251 e. The minimum absolute atomic E-state index is 0.0617. The van der Waals surface area contributed by atoms with Crippen molar-refractivity contribution in [3.63, 3.8) is 0 Å². The van der Waals surface area contributed by atoms with Crippen LogP contribution in [0.15, 0.2) is 48.5 Å². The van der Waals surface area contributed by atoms with Gasteiger partial charge in [-0.3, -0.25) is 4.79 Å². The topological polar surface area (TPSA) is 46.9 Å². The van der Waals surface area contributed by atoms with Gasteiger partial charge in [-0.15, -0.1) is 0 Å². The summed E-state index contributed by atoms with van der Waals surface area (Å²) in [5, 5.41) is 3.11. The number of para-hydroxylation sites is 2. The number of fused-ring (bicyclic) bond motifs is 1. The molecule has 4 heteroatoms. The van der Waals surface area contributed by atoms with Crippen molar-refractivity contribution >= 4 is 16.9 Å². The normalized spacial score (nSPS) is 12.3. The molecule has 3 aromatic rings. The Hall–Kier alpha value is -2.62. The van der Waals surface area contributed by atoms with Crippen LogP contribution in [0.25, 0.3) is 11.0 Å². The van der Waals surface area contributed by atoms with Gasteiger partial charge >= 0.3 is 0 Å².